The summed E-state index contributed by atoms with van der Waals surface area (Å²) in [4.78, 5) is 38.1. The number of allylic oxidation sites excluding steroid dienone is 6. The second-order valence-corrected chi connectivity index (χ2v) is 19.2. The van der Waals surface area contributed by atoms with Gasteiger partial charge in [-0.15, -0.1) is 0 Å². The Morgan fingerprint density at radius 1 is 0.308 bits per heavy atom. The van der Waals surface area contributed by atoms with Gasteiger partial charge in [0.1, 0.15) is 13.2 Å². The molecule has 0 fully saturated rings. The summed E-state index contributed by atoms with van der Waals surface area (Å²) < 4.78 is 16.8. The number of carbonyl (C=O) groups is 3. The monoisotopic (exact) mass is 913 g/mol. The zero-order valence-electron chi connectivity index (χ0n) is 43.5. The predicted octanol–water partition coefficient (Wildman–Crippen LogP) is 18.9. The highest BCUT2D eigenvalue weighted by molar-refractivity contribution is 5.71. The standard InChI is InChI=1S/C59H108O6/c1-4-7-10-13-16-19-22-24-26-27-28-29-30-31-33-35-38-41-44-47-50-53-59(62)65-56(54-63-57(60)51-48-45-42-39-36-21-18-15-12-9-6-3)55-64-58(61)52-49-46-43-40-37-34-32-25-23-20-17-14-11-8-5-2/h17,20,24-26,32,56H,4-16,18-19,21-23,27-31,33-55H2,1-3H3/b20-17-,26-24-,32-25-/t56-/m0/s1. The van der Waals surface area contributed by atoms with Crippen molar-refractivity contribution in [3.8, 4) is 0 Å². The molecule has 0 aliphatic rings. The summed E-state index contributed by atoms with van der Waals surface area (Å²) >= 11 is 0. The van der Waals surface area contributed by atoms with E-state index < -0.39 is 6.10 Å². The molecule has 0 rings (SSSR count). The second kappa shape index (κ2) is 54.2. The van der Waals surface area contributed by atoms with E-state index in [-0.39, 0.29) is 31.1 Å². The van der Waals surface area contributed by atoms with Gasteiger partial charge in [0.15, 0.2) is 6.10 Å². The molecule has 0 saturated carbocycles. The summed E-state index contributed by atoms with van der Waals surface area (Å²) in [6.07, 6.45) is 64.2. The maximum Gasteiger partial charge on any atom is 0.306 e. The highest BCUT2D eigenvalue weighted by Gasteiger charge is 2.19. The molecule has 0 aliphatic heterocycles. The van der Waals surface area contributed by atoms with E-state index in [4.69, 9.17) is 14.2 Å². The highest BCUT2D eigenvalue weighted by Crippen LogP contribution is 2.16. The molecule has 0 aromatic heterocycles. The van der Waals surface area contributed by atoms with Gasteiger partial charge in [0.2, 0.25) is 0 Å². The number of hydrogen-bond donors (Lipinski definition) is 0. The van der Waals surface area contributed by atoms with Gasteiger partial charge in [0, 0.05) is 19.3 Å². The smallest absolute Gasteiger partial charge is 0.306 e. The van der Waals surface area contributed by atoms with Crippen molar-refractivity contribution < 1.29 is 28.6 Å². The number of ether oxygens (including phenoxy) is 3. The van der Waals surface area contributed by atoms with E-state index in [0.29, 0.717) is 19.3 Å². The topological polar surface area (TPSA) is 78.9 Å². The van der Waals surface area contributed by atoms with Gasteiger partial charge in [0.25, 0.3) is 0 Å². The van der Waals surface area contributed by atoms with Gasteiger partial charge >= 0.3 is 17.9 Å². The van der Waals surface area contributed by atoms with Crippen LogP contribution in [0, 0.1) is 0 Å². The van der Waals surface area contributed by atoms with Gasteiger partial charge in [-0.3, -0.25) is 14.4 Å². The van der Waals surface area contributed by atoms with Gasteiger partial charge in [0.05, 0.1) is 0 Å². The van der Waals surface area contributed by atoms with Crippen LogP contribution in [0.15, 0.2) is 36.5 Å². The van der Waals surface area contributed by atoms with E-state index in [0.717, 1.165) is 77.0 Å². The summed E-state index contributed by atoms with van der Waals surface area (Å²) in [5, 5.41) is 0. The Balaban J connectivity index is 4.30. The van der Waals surface area contributed by atoms with Crippen LogP contribution in [0.5, 0.6) is 0 Å². The van der Waals surface area contributed by atoms with Crippen LogP contribution in [0.2, 0.25) is 0 Å². The fraction of sp³-hybridized carbons (Fsp3) is 0.847. The lowest BCUT2D eigenvalue weighted by Gasteiger charge is -2.18. The van der Waals surface area contributed by atoms with E-state index in [2.05, 4.69) is 57.2 Å². The fourth-order valence-electron chi connectivity index (χ4n) is 8.29. The van der Waals surface area contributed by atoms with E-state index in [1.54, 1.807) is 0 Å². The maximum absolute atomic E-state index is 12.8. The fourth-order valence-corrected chi connectivity index (χ4v) is 8.29. The number of unbranched alkanes of at least 4 members (excludes halogenated alkanes) is 35. The molecule has 0 amide bonds. The molecule has 380 valence electrons. The van der Waals surface area contributed by atoms with Crippen molar-refractivity contribution in [1.82, 2.24) is 0 Å². The van der Waals surface area contributed by atoms with E-state index >= 15 is 0 Å². The van der Waals surface area contributed by atoms with Crippen molar-refractivity contribution in [2.24, 2.45) is 0 Å². The highest BCUT2D eigenvalue weighted by atomic mass is 16.6. The number of hydrogen-bond acceptors (Lipinski definition) is 6. The molecule has 0 unspecified atom stereocenters. The lowest BCUT2D eigenvalue weighted by atomic mass is 10.0. The lowest BCUT2D eigenvalue weighted by molar-refractivity contribution is -0.167. The summed E-state index contributed by atoms with van der Waals surface area (Å²) in [6.45, 7) is 6.62. The molecule has 0 aromatic carbocycles. The molecule has 65 heavy (non-hydrogen) atoms. The minimum atomic E-state index is -0.774. The first kappa shape index (κ1) is 62.6. The van der Waals surface area contributed by atoms with Crippen LogP contribution in [-0.2, 0) is 28.6 Å². The Labute approximate surface area is 404 Å². The van der Waals surface area contributed by atoms with Crippen LogP contribution in [0.3, 0.4) is 0 Å². The molecule has 0 N–H and O–H groups in total. The van der Waals surface area contributed by atoms with Gasteiger partial charge in [-0.1, -0.05) is 243 Å². The average Bonchev–Trinajstić information content (AvgIpc) is 3.30. The Morgan fingerprint density at radius 3 is 0.892 bits per heavy atom. The largest absolute Gasteiger partial charge is 0.462 e. The van der Waals surface area contributed by atoms with Crippen molar-refractivity contribution in [3.05, 3.63) is 36.5 Å². The zero-order chi connectivity index (χ0) is 47.2. The second-order valence-electron chi connectivity index (χ2n) is 19.2. The first-order chi connectivity index (χ1) is 32.0. The van der Waals surface area contributed by atoms with Gasteiger partial charge in [-0.05, 0) is 77.0 Å². The Bertz CT molecular complexity index is 1090. The zero-order valence-corrected chi connectivity index (χ0v) is 43.5. The molecule has 0 bridgehead atoms. The molecule has 0 aromatic rings. The summed E-state index contributed by atoms with van der Waals surface area (Å²) in [7, 11) is 0. The van der Waals surface area contributed by atoms with Crippen molar-refractivity contribution in [2.45, 2.75) is 309 Å². The summed E-state index contributed by atoms with van der Waals surface area (Å²) in [5.74, 6) is -0.875. The molecule has 6 nitrogen and oxygen atoms in total. The number of carbonyl (C=O) groups excluding carboxylic acids is 3. The quantitative estimate of drug-likeness (QED) is 0.0262. The molecular weight excluding hydrogens is 805 g/mol. The first-order valence-corrected chi connectivity index (χ1v) is 28.5. The van der Waals surface area contributed by atoms with Crippen LogP contribution in [0.25, 0.3) is 0 Å². The van der Waals surface area contributed by atoms with Gasteiger partial charge in [-0.25, -0.2) is 0 Å². The Kier molecular flexibility index (Phi) is 52.3. The lowest BCUT2D eigenvalue weighted by Crippen LogP contribution is -2.30. The average molecular weight is 914 g/mol. The third kappa shape index (κ3) is 52.5. The Hall–Kier alpha value is -2.37. The molecule has 0 saturated heterocycles. The molecule has 6 heteroatoms. The normalized spacial score (nSPS) is 12.2. The third-order valence-corrected chi connectivity index (χ3v) is 12.6. The van der Waals surface area contributed by atoms with Gasteiger partial charge in [-0.2, -0.15) is 0 Å². The van der Waals surface area contributed by atoms with Crippen LogP contribution in [0.4, 0.5) is 0 Å². The van der Waals surface area contributed by atoms with E-state index in [1.165, 1.54) is 186 Å². The predicted molar refractivity (Wildman–Crippen MR) is 279 cm³/mol. The number of rotatable bonds is 52. The van der Waals surface area contributed by atoms with Crippen LogP contribution < -0.4 is 0 Å². The van der Waals surface area contributed by atoms with Crippen LogP contribution in [0.1, 0.15) is 303 Å². The number of esters is 3. The first-order valence-electron chi connectivity index (χ1n) is 28.5. The van der Waals surface area contributed by atoms with E-state index in [9.17, 15) is 14.4 Å². The van der Waals surface area contributed by atoms with Crippen molar-refractivity contribution in [1.29, 1.82) is 0 Å². The molecule has 1 atom stereocenters. The van der Waals surface area contributed by atoms with Crippen LogP contribution >= 0.6 is 0 Å². The molecule has 0 aliphatic carbocycles. The maximum atomic E-state index is 12.8. The van der Waals surface area contributed by atoms with Gasteiger partial charge < -0.3 is 14.2 Å². The van der Waals surface area contributed by atoms with Crippen molar-refractivity contribution >= 4 is 17.9 Å². The Morgan fingerprint density at radius 2 is 0.554 bits per heavy atom. The van der Waals surface area contributed by atoms with Crippen molar-refractivity contribution in [2.75, 3.05) is 13.2 Å². The van der Waals surface area contributed by atoms with E-state index in [1.807, 2.05) is 0 Å². The molecule has 0 radical (unpaired) electrons. The minimum absolute atomic E-state index is 0.0735. The third-order valence-electron chi connectivity index (χ3n) is 12.6. The SMILES string of the molecule is CCCCC/C=C\C/C=C\CCCCCCCC(=O)OC[C@H](COC(=O)CCCCCCCCCCCCC)OC(=O)CCCCCCCCCCCCC/C=C\CCCCCCCC. The summed E-state index contributed by atoms with van der Waals surface area (Å²) in [5.41, 5.74) is 0. The van der Waals surface area contributed by atoms with Crippen molar-refractivity contribution in [3.63, 3.8) is 0 Å². The molecular formula is C59H108O6. The van der Waals surface area contributed by atoms with Crippen LogP contribution in [-0.4, -0.2) is 37.2 Å². The molecule has 0 spiro atoms. The molecule has 0 heterocycles. The minimum Gasteiger partial charge on any atom is -0.462 e. The summed E-state index contributed by atoms with van der Waals surface area (Å²) in [6, 6.07) is 0.